The molecule has 0 spiro atoms. The first-order valence-corrected chi connectivity index (χ1v) is 9.65. The summed E-state index contributed by atoms with van der Waals surface area (Å²) < 4.78 is 0. The van der Waals surface area contributed by atoms with Crippen molar-refractivity contribution in [3.63, 3.8) is 0 Å². The Morgan fingerprint density at radius 3 is 2.57 bits per heavy atom. The molecule has 28 heavy (non-hydrogen) atoms. The highest BCUT2D eigenvalue weighted by atomic mass is 35.5. The van der Waals surface area contributed by atoms with Crippen LogP contribution in [0, 0.1) is 11.3 Å². The highest BCUT2D eigenvalue weighted by molar-refractivity contribution is 6.30. The first-order valence-electron chi connectivity index (χ1n) is 9.28. The van der Waals surface area contributed by atoms with Crippen molar-refractivity contribution in [2.24, 2.45) is 5.92 Å². The van der Waals surface area contributed by atoms with Gasteiger partial charge in [0.2, 0.25) is 0 Å². The van der Waals surface area contributed by atoms with E-state index in [1.54, 1.807) is 41.6 Å². The molecular formula is C20H25ClN6O. The number of rotatable bonds is 3. The standard InChI is InChI=1S/C20H25ClN6O/c1-14(2)18-13-26(20(28)25-16-7-5-15(21)6-8-16)10-11-27(18)19(22)24-17-4-3-9-23-12-17/h3-9,12,14,18H,10-11,13H2,1-2H3,(H2,22,24)(H,25,28). The first kappa shape index (κ1) is 19.9. The van der Waals surface area contributed by atoms with Crippen LogP contribution in [0.5, 0.6) is 0 Å². The number of carbonyl (C=O) groups is 1. The number of guanidine groups is 1. The van der Waals surface area contributed by atoms with Gasteiger partial charge in [-0.15, -0.1) is 0 Å². The SMILES string of the molecule is CC(C)C1CN(C(=O)Nc2ccc(Cl)cc2)CCN1C(=N)Nc1cccnc1. The molecule has 0 bridgehead atoms. The summed E-state index contributed by atoms with van der Waals surface area (Å²) in [5, 5.41) is 15.1. The van der Waals surface area contributed by atoms with Gasteiger partial charge in [0.05, 0.1) is 17.9 Å². The molecule has 8 heteroatoms. The molecule has 1 unspecified atom stereocenters. The largest absolute Gasteiger partial charge is 0.336 e. The number of hydrogen-bond acceptors (Lipinski definition) is 3. The van der Waals surface area contributed by atoms with Crippen LogP contribution in [0.3, 0.4) is 0 Å². The number of piperazine rings is 1. The zero-order chi connectivity index (χ0) is 20.1. The Kier molecular flexibility index (Phi) is 6.36. The average Bonchev–Trinajstić information content (AvgIpc) is 2.70. The average molecular weight is 401 g/mol. The summed E-state index contributed by atoms with van der Waals surface area (Å²) >= 11 is 5.90. The number of nitrogens with zero attached hydrogens (tertiary/aromatic N) is 3. The molecule has 2 aromatic rings. The van der Waals surface area contributed by atoms with Crippen LogP contribution >= 0.6 is 11.6 Å². The highest BCUT2D eigenvalue weighted by Crippen LogP contribution is 2.20. The molecule has 0 aliphatic carbocycles. The summed E-state index contributed by atoms with van der Waals surface area (Å²) in [7, 11) is 0. The van der Waals surface area contributed by atoms with Gasteiger partial charge in [0.15, 0.2) is 5.96 Å². The second kappa shape index (κ2) is 8.93. The molecular weight excluding hydrogens is 376 g/mol. The second-order valence-corrected chi connectivity index (χ2v) is 7.54. The van der Waals surface area contributed by atoms with Crippen molar-refractivity contribution in [1.29, 1.82) is 5.41 Å². The molecule has 1 atom stereocenters. The number of anilines is 2. The van der Waals surface area contributed by atoms with Crippen LogP contribution in [0.15, 0.2) is 48.8 Å². The predicted octanol–water partition coefficient (Wildman–Crippen LogP) is 3.96. The topological polar surface area (TPSA) is 84.4 Å². The van der Waals surface area contributed by atoms with Crippen molar-refractivity contribution in [3.05, 3.63) is 53.8 Å². The number of nitrogens with one attached hydrogen (secondary N) is 3. The molecule has 1 saturated heterocycles. The quantitative estimate of drug-likeness (QED) is 0.538. The van der Waals surface area contributed by atoms with Gasteiger partial charge in [-0.1, -0.05) is 25.4 Å². The summed E-state index contributed by atoms with van der Waals surface area (Å²) in [6.45, 7) is 5.89. The minimum Gasteiger partial charge on any atom is -0.336 e. The van der Waals surface area contributed by atoms with E-state index in [1.165, 1.54) is 0 Å². The predicted molar refractivity (Wildman–Crippen MR) is 113 cm³/mol. The van der Waals surface area contributed by atoms with E-state index in [0.717, 1.165) is 5.69 Å². The number of pyridine rings is 1. The third kappa shape index (κ3) is 4.92. The van der Waals surface area contributed by atoms with Crippen molar-refractivity contribution in [3.8, 4) is 0 Å². The first-order chi connectivity index (χ1) is 13.4. The molecule has 3 N–H and O–H groups in total. The summed E-state index contributed by atoms with van der Waals surface area (Å²) in [5.41, 5.74) is 1.49. The molecule has 1 aliphatic heterocycles. The van der Waals surface area contributed by atoms with E-state index >= 15 is 0 Å². The van der Waals surface area contributed by atoms with E-state index in [-0.39, 0.29) is 18.0 Å². The Bertz CT molecular complexity index is 811. The van der Waals surface area contributed by atoms with Crippen molar-refractivity contribution in [2.75, 3.05) is 30.3 Å². The number of aromatic nitrogens is 1. The Balaban J connectivity index is 1.64. The van der Waals surface area contributed by atoms with Crippen LogP contribution < -0.4 is 10.6 Å². The van der Waals surface area contributed by atoms with Gasteiger partial charge in [-0.2, -0.15) is 0 Å². The Morgan fingerprint density at radius 1 is 1.18 bits per heavy atom. The molecule has 1 aliphatic rings. The lowest BCUT2D eigenvalue weighted by Gasteiger charge is -2.44. The van der Waals surface area contributed by atoms with Gasteiger partial charge < -0.3 is 20.4 Å². The van der Waals surface area contributed by atoms with E-state index in [0.29, 0.717) is 36.3 Å². The van der Waals surface area contributed by atoms with Crippen LogP contribution in [-0.2, 0) is 0 Å². The van der Waals surface area contributed by atoms with Gasteiger partial charge in [0.1, 0.15) is 0 Å². The number of urea groups is 1. The van der Waals surface area contributed by atoms with Crippen LogP contribution in [-0.4, -0.2) is 52.5 Å². The Hall–Kier alpha value is -2.80. The number of amides is 2. The summed E-state index contributed by atoms with van der Waals surface area (Å²) in [6, 6.07) is 10.7. The molecule has 148 valence electrons. The second-order valence-electron chi connectivity index (χ2n) is 7.10. The van der Waals surface area contributed by atoms with Crippen LogP contribution in [0.1, 0.15) is 13.8 Å². The van der Waals surface area contributed by atoms with E-state index in [9.17, 15) is 4.79 Å². The zero-order valence-corrected chi connectivity index (χ0v) is 16.8. The van der Waals surface area contributed by atoms with Gasteiger partial charge in [-0.3, -0.25) is 10.4 Å². The fraction of sp³-hybridized carbons (Fsp3) is 0.350. The normalized spacial score (nSPS) is 16.8. The van der Waals surface area contributed by atoms with Crippen LogP contribution in [0.4, 0.5) is 16.2 Å². The number of benzene rings is 1. The maximum absolute atomic E-state index is 12.7. The fourth-order valence-electron chi connectivity index (χ4n) is 3.22. The maximum atomic E-state index is 12.7. The van der Waals surface area contributed by atoms with E-state index in [4.69, 9.17) is 17.0 Å². The zero-order valence-electron chi connectivity index (χ0n) is 16.0. The maximum Gasteiger partial charge on any atom is 0.321 e. The highest BCUT2D eigenvalue weighted by Gasteiger charge is 2.33. The van der Waals surface area contributed by atoms with Crippen molar-refractivity contribution in [2.45, 2.75) is 19.9 Å². The summed E-state index contributed by atoms with van der Waals surface area (Å²) in [5.74, 6) is 0.603. The van der Waals surface area contributed by atoms with Crippen LogP contribution in [0.2, 0.25) is 5.02 Å². The summed E-state index contributed by atoms with van der Waals surface area (Å²) in [6.07, 6.45) is 3.39. The van der Waals surface area contributed by atoms with Crippen LogP contribution in [0.25, 0.3) is 0 Å². The van der Waals surface area contributed by atoms with Gasteiger partial charge >= 0.3 is 6.03 Å². The van der Waals surface area contributed by atoms with Crippen molar-refractivity contribution < 1.29 is 4.79 Å². The summed E-state index contributed by atoms with van der Waals surface area (Å²) in [4.78, 5) is 20.6. The van der Waals surface area contributed by atoms with Crippen molar-refractivity contribution in [1.82, 2.24) is 14.8 Å². The lowest BCUT2D eigenvalue weighted by molar-refractivity contribution is 0.119. The van der Waals surface area contributed by atoms with E-state index < -0.39 is 0 Å². The Labute approximate surface area is 170 Å². The number of carbonyl (C=O) groups excluding carboxylic acids is 1. The molecule has 1 fully saturated rings. The minimum absolute atomic E-state index is 0.0430. The lowest BCUT2D eigenvalue weighted by atomic mass is 10.00. The molecule has 1 aromatic heterocycles. The fourth-order valence-corrected chi connectivity index (χ4v) is 3.35. The van der Waals surface area contributed by atoms with E-state index in [2.05, 4.69) is 29.5 Å². The number of halogens is 1. The molecule has 0 saturated carbocycles. The lowest BCUT2D eigenvalue weighted by Crippen LogP contribution is -2.60. The third-order valence-electron chi connectivity index (χ3n) is 4.78. The molecule has 2 heterocycles. The molecule has 1 aromatic carbocycles. The third-order valence-corrected chi connectivity index (χ3v) is 5.03. The molecule has 2 amide bonds. The molecule has 7 nitrogen and oxygen atoms in total. The smallest absolute Gasteiger partial charge is 0.321 e. The van der Waals surface area contributed by atoms with Crippen molar-refractivity contribution >= 4 is 35.0 Å². The van der Waals surface area contributed by atoms with Gasteiger partial charge in [-0.05, 0) is 42.3 Å². The molecule has 3 rings (SSSR count). The monoisotopic (exact) mass is 400 g/mol. The number of hydrogen-bond donors (Lipinski definition) is 3. The van der Waals surface area contributed by atoms with E-state index in [1.807, 2.05) is 17.0 Å². The molecule has 0 radical (unpaired) electrons. The van der Waals surface area contributed by atoms with Gasteiger partial charge in [-0.25, -0.2) is 4.79 Å². The van der Waals surface area contributed by atoms with Gasteiger partial charge in [0.25, 0.3) is 0 Å². The van der Waals surface area contributed by atoms with Gasteiger partial charge in [0, 0.05) is 36.5 Å². The minimum atomic E-state index is -0.139. The Morgan fingerprint density at radius 2 is 1.93 bits per heavy atom.